The first-order valence-electron chi connectivity index (χ1n) is 7.75. The Kier molecular flexibility index (Phi) is 6.02. The highest BCUT2D eigenvalue weighted by Crippen LogP contribution is 2.17. The van der Waals surface area contributed by atoms with Crippen LogP contribution in [-0.4, -0.2) is 56.1 Å². The molecule has 1 heterocycles. The number of hydrogen-bond acceptors (Lipinski definition) is 4. The number of nitrogens with two attached hydrogens (primary N) is 1. The van der Waals surface area contributed by atoms with Gasteiger partial charge >= 0.3 is 0 Å². The molecule has 1 fully saturated rings. The molecule has 0 saturated carbocycles. The molecule has 1 atom stereocenters. The lowest BCUT2D eigenvalue weighted by Gasteiger charge is -2.39. The van der Waals surface area contributed by atoms with E-state index in [4.69, 9.17) is 5.73 Å². The number of anilines is 1. The van der Waals surface area contributed by atoms with Crippen molar-refractivity contribution in [3.8, 4) is 0 Å². The molecule has 0 aromatic heterocycles. The van der Waals surface area contributed by atoms with Gasteiger partial charge in [0.2, 0.25) is 5.91 Å². The smallest absolute Gasteiger partial charge is 0.221 e. The lowest BCUT2D eigenvalue weighted by Crippen LogP contribution is -2.53. The van der Waals surface area contributed by atoms with E-state index in [1.54, 1.807) is 0 Å². The van der Waals surface area contributed by atoms with E-state index in [0.717, 1.165) is 26.2 Å². The third-order valence-corrected chi connectivity index (χ3v) is 4.02. The second-order valence-corrected chi connectivity index (χ2v) is 5.41. The molecule has 3 N–H and O–H groups in total. The summed E-state index contributed by atoms with van der Waals surface area (Å²) < 4.78 is 0. The molecule has 1 saturated heterocycles. The van der Waals surface area contributed by atoms with Crippen LogP contribution in [0.25, 0.3) is 0 Å². The van der Waals surface area contributed by atoms with Gasteiger partial charge in [0.1, 0.15) is 0 Å². The lowest BCUT2D eigenvalue weighted by molar-refractivity contribution is -0.122. The molecular formula is C16H26N4O. The Hall–Kier alpha value is -1.59. The lowest BCUT2D eigenvalue weighted by atomic mass is 10.1. The molecule has 0 spiro atoms. The molecule has 0 aliphatic carbocycles. The first-order chi connectivity index (χ1) is 10.2. The quantitative estimate of drug-likeness (QED) is 0.808. The van der Waals surface area contributed by atoms with Crippen molar-refractivity contribution in [3.63, 3.8) is 0 Å². The molecule has 5 heteroatoms. The van der Waals surface area contributed by atoms with Crippen molar-refractivity contribution >= 4 is 11.6 Å². The number of nitrogens with zero attached hydrogens (tertiary/aromatic N) is 2. The Bertz CT molecular complexity index is 429. The number of piperazine rings is 1. The van der Waals surface area contributed by atoms with Gasteiger partial charge in [0.15, 0.2) is 0 Å². The molecule has 116 valence electrons. The summed E-state index contributed by atoms with van der Waals surface area (Å²) in [6.07, 6.45) is 0.496. The van der Waals surface area contributed by atoms with Crippen LogP contribution >= 0.6 is 0 Å². The van der Waals surface area contributed by atoms with Gasteiger partial charge in [-0.15, -0.1) is 0 Å². The molecule has 0 radical (unpaired) electrons. The van der Waals surface area contributed by atoms with E-state index in [9.17, 15) is 4.79 Å². The maximum atomic E-state index is 11.7. The van der Waals surface area contributed by atoms with Crippen molar-refractivity contribution in [1.82, 2.24) is 10.2 Å². The summed E-state index contributed by atoms with van der Waals surface area (Å²) in [5.74, 6) is 0.0958. The molecule has 1 aromatic rings. The topological polar surface area (TPSA) is 61.6 Å². The van der Waals surface area contributed by atoms with Gasteiger partial charge in [0, 0.05) is 57.4 Å². The third-order valence-electron chi connectivity index (χ3n) is 4.02. The Morgan fingerprint density at radius 2 is 1.90 bits per heavy atom. The predicted octanol–water partition coefficient (Wildman–Crippen LogP) is 0.662. The number of amides is 1. The average Bonchev–Trinajstić information content (AvgIpc) is 2.54. The number of nitrogens with one attached hydrogen (secondary N) is 1. The van der Waals surface area contributed by atoms with Crippen molar-refractivity contribution in [2.24, 2.45) is 5.73 Å². The summed E-state index contributed by atoms with van der Waals surface area (Å²) >= 11 is 0. The van der Waals surface area contributed by atoms with E-state index in [-0.39, 0.29) is 11.9 Å². The fourth-order valence-electron chi connectivity index (χ4n) is 2.83. The SMILES string of the molecule is CCNC(=O)CC(CN)N1CCN(c2ccccc2)CC1. The summed E-state index contributed by atoms with van der Waals surface area (Å²) in [6.45, 7) is 7.02. The summed E-state index contributed by atoms with van der Waals surface area (Å²) in [4.78, 5) is 16.5. The molecule has 0 bridgehead atoms. The largest absolute Gasteiger partial charge is 0.369 e. The van der Waals surface area contributed by atoms with Crippen LogP contribution < -0.4 is 16.0 Å². The second-order valence-electron chi connectivity index (χ2n) is 5.41. The first kappa shape index (κ1) is 15.8. The van der Waals surface area contributed by atoms with Gasteiger partial charge in [-0.05, 0) is 19.1 Å². The maximum absolute atomic E-state index is 11.7. The average molecular weight is 290 g/mol. The summed E-state index contributed by atoms with van der Waals surface area (Å²) in [6, 6.07) is 10.6. The summed E-state index contributed by atoms with van der Waals surface area (Å²) in [5.41, 5.74) is 7.13. The summed E-state index contributed by atoms with van der Waals surface area (Å²) in [7, 11) is 0. The monoisotopic (exact) mass is 290 g/mol. The van der Waals surface area contributed by atoms with Crippen LogP contribution in [0.4, 0.5) is 5.69 Å². The van der Waals surface area contributed by atoms with Crippen LogP contribution in [-0.2, 0) is 4.79 Å². The van der Waals surface area contributed by atoms with Gasteiger partial charge in [-0.3, -0.25) is 9.69 Å². The van der Waals surface area contributed by atoms with Crippen LogP contribution in [0.1, 0.15) is 13.3 Å². The minimum absolute atomic E-state index is 0.0958. The molecule has 1 unspecified atom stereocenters. The molecule has 5 nitrogen and oxygen atoms in total. The van der Waals surface area contributed by atoms with Crippen molar-refractivity contribution in [2.45, 2.75) is 19.4 Å². The fourth-order valence-corrected chi connectivity index (χ4v) is 2.83. The van der Waals surface area contributed by atoms with E-state index in [1.807, 2.05) is 13.0 Å². The molecule has 1 amide bonds. The number of benzene rings is 1. The number of carbonyl (C=O) groups excluding carboxylic acids is 1. The highest BCUT2D eigenvalue weighted by molar-refractivity contribution is 5.76. The number of para-hydroxylation sites is 1. The van der Waals surface area contributed by atoms with Crippen molar-refractivity contribution in [2.75, 3.05) is 44.2 Å². The van der Waals surface area contributed by atoms with Gasteiger partial charge in [-0.25, -0.2) is 0 Å². The molecule has 2 rings (SSSR count). The highest BCUT2D eigenvalue weighted by Gasteiger charge is 2.24. The molecule has 1 aliphatic rings. The zero-order valence-corrected chi connectivity index (χ0v) is 12.8. The molecule has 1 aromatic carbocycles. The highest BCUT2D eigenvalue weighted by atomic mass is 16.1. The Morgan fingerprint density at radius 1 is 1.24 bits per heavy atom. The van der Waals surface area contributed by atoms with Gasteiger partial charge in [-0.1, -0.05) is 18.2 Å². The summed E-state index contributed by atoms with van der Waals surface area (Å²) in [5, 5.41) is 2.85. The second kappa shape index (κ2) is 8.00. The van der Waals surface area contributed by atoms with E-state index < -0.39 is 0 Å². The van der Waals surface area contributed by atoms with Crippen LogP contribution in [0.2, 0.25) is 0 Å². The van der Waals surface area contributed by atoms with Crippen LogP contribution in [0.15, 0.2) is 30.3 Å². The fraction of sp³-hybridized carbons (Fsp3) is 0.562. The van der Waals surface area contributed by atoms with E-state index in [0.29, 0.717) is 19.5 Å². The molecule has 1 aliphatic heterocycles. The molecular weight excluding hydrogens is 264 g/mol. The maximum Gasteiger partial charge on any atom is 0.221 e. The first-order valence-corrected chi connectivity index (χ1v) is 7.75. The van der Waals surface area contributed by atoms with Crippen LogP contribution in [0.5, 0.6) is 0 Å². The van der Waals surface area contributed by atoms with Gasteiger partial charge in [-0.2, -0.15) is 0 Å². The predicted molar refractivity (Wildman–Crippen MR) is 86.4 cm³/mol. The zero-order valence-electron chi connectivity index (χ0n) is 12.8. The Labute approximate surface area is 127 Å². The van der Waals surface area contributed by atoms with E-state index in [1.165, 1.54) is 5.69 Å². The Balaban J connectivity index is 1.85. The van der Waals surface area contributed by atoms with Crippen LogP contribution in [0.3, 0.4) is 0 Å². The standard InChI is InChI=1S/C16H26N4O/c1-2-18-16(21)12-15(13-17)20-10-8-19(9-11-20)14-6-4-3-5-7-14/h3-7,15H,2,8-13,17H2,1H3,(H,18,21). The minimum Gasteiger partial charge on any atom is -0.369 e. The van der Waals surface area contributed by atoms with Gasteiger partial charge in [0.05, 0.1) is 0 Å². The van der Waals surface area contributed by atoms with Gasteiger partial charge in [0.25, 0.3) is 0 Å². The minimum atomic E-state index is 0.0958. The van der Waals surface area contributed by atoms with Crippen molar-refractivity contribution < 1.29 is 4.79 Å². The van der Waals surface area contributed by atoms with Gasteiger partial charge < -0.3 is 16.0 Å². The number of carbonyl (C=O) groups is 1. The number of rotatable bonds is 6. The van der Waals surface area contributed by atoms with E-state index in [2.05, 4.69) is 39.4 Å². The number of hydrogen-bond donors (Lipinski definition) is 2. The van der Waals surface area contributed by atoms with Crippen LogP contribution in [0, 0.1) is 0 Å². The van der Waals surface area contributed by atoms with Crippen molar-refractivity contribution in [1.29, 1.82) is 0 Å². The third kappa shape index (κ3) is 4.44. The molecule has 21 heavy (non-hydrogen) atoms. The Morgan fingerprint density at radius 3 is 2.48 bits per heavy atom. The van der Waals surface area contributed by atoms with E-state index >= 15 is 0 Å². The zero-order chi connectivity index (χ0) is 15.1. The normalized spacial score (nSPS) is 17.5. The van der Waals surface area contributed by atoms with Crippen molar-refractivity contribution in [3.05, 3.63) is 30.3 Å².